The van der Waals surface area contributed by atoms with Crippen LogP contribution in [0.2, 0.25) is 10.0 Å². The third kappa shape index (κ3) is 4.04. The van der Waals surface area contributed by atoms with Crippen molar-refractivity contribution < 1.29 is 9.53 Å². The first-order chi connectivity index (χ1) is 16.7. The van der Waals surface area contributed by atoms with Crippen molar-refractivity contribution in [3.05, 3.63) is 61.3 Å². The van der Waals surface area contributed by atoms with Crippen LogP contribution in [0.15, 0.2) is 36.4 Å². The van der Waals surface area contributed by atoms with Crippen molar-refractivity contribution in [3.63, 3.8) is 0 Å². The van der Waals surface area contributed by atoms with E-state index in [9.17, 15) is 4.79 Å². The fraction of sp³-hybridized carbons (Fsp3) is 0.385. The van der Waals surface area contributed by atoms with E-state index in [-0.39, 0.29) is 5.91 Å². The monoisotopic (exact) mass is 622 g/mol. The number of hydrogen-bond acceptors (Lipinski definition) is 4. The zero-order chi connectivity index (χ0) is 24.5. The Morgan fingerprint density at radius 1 is 1.14 bits per heavy atom. The van der Waals surface area contributed by atoms with E-state index in [1.54, 1.807) is 16.8 Å². The van der Waals surface area contributed by atoms with Crippen LogP contribution in [0.4, 0.5) is 0 Å². The Bertz CT molecular complexity index is 1340. The zero-order valence-corrected chi connectivity index (χ0v) is 23.1. The second-order valence-corrected chi connectivity index (χ2v) is 12.2. The Morgan fingerprint density at radius 3 is 2.60 bits per heavy atom. The standard InChI is InChI=1S/C26H25Cl2IN4O2/c1-26(2)22-23(25(34)31-32-12-14-4-3-5-15(14)13-32)30-33(20-9-6-16(27)10-19(20)28)24(22)18-8-7-17(29)11-21(18)35-26/h6-11,14-15H,3-5,12-13H2,1-2H3,(H,31,34). The van der Waals surface area contributed by atoms with Crippen LogP contribution in [0.25, 0.3) is 16.9 Å². The minimum atomic E-state index is -0.780. The fourth-order valence-corrected chi connectivity index (χ4v) is 6.80. The van der Waals surface area contributed by atoms with E-state index in [4.69, 9.17) is 33.0 Å². The number of fused-ring (bicyclic) bond motifs is 4. The number of hydrazine groups is 1. The molecule has 3 aromatic rings. The fourth-order valence-electron chi connectivity index (χ4n) is 5.85. The molecule has 2 aromatic carbocycles. The van der Waals surface area contributed by atoms with Gasteiger partial charge in [0.25, 0.3) is 5.91 Å². The van der Waals surface area contributed by atoms with Crippen LogP contribution in [-0.2, 0) is 5.60 Å². The summed E-state index contributed by atoms with van der Waals surface area (Å²) in [4.78, 5) is 13.7. The van der Waals surface area contributed by atoms with E-state index in [0.29, 0.717) is 33.3 Å². The quantitative estimate of drug-likeness (QED) is 0.341. The molecule has 0 bridgehead atoms. The second-order valence-electron chi connectivity index (χ2n) is 10.1. The maximum absolute atomic E-state index is 13.7. The number of ether oxygens (including phenoxy) is 1. The summed E-state index contributed by atoms with van der Waals surface area (Å²) in [5, 5.41) is 7.91. The molecule has 2 aliphatic heterocycles. The summed E-state index contributed by atoms with van der Waals surface area (Å²) in [6.07, 6.45) is 3.78. The molecule has 2 fully saturated rings. The number of halogens is 3. The van der Waals surface area contributed by atoms with Gasteiger partial charge in [0.05, 0.1) is 22.0 Å². The maximum Gasteiger partial charge on any atom is 0.286 e. The van der Waals surface area contributed by atoms with Gasteiger partial charge < -0.3 is 4.74 Å². The van der Waals surface area contributed by atoms with Gasteiger partial charge in [-0.1, -0.05) is 29.6 Å². The molecule has 1 saturated heterocycles. The van der Waals surface area contributed by atoms with Crippen LogP contribution in [-0.4, -0.2) is 33.8 Å². The van der Waals surface area contributed by atoms with E-state index < -0.39 is 5.60 Å². The molecule has 6 rings (SSSR count). The molecule has 6 nitrogen and oxygen atoms in total. The van der Waals surface area contributed by atoms with Gasteiger partial charge in [0.15, 0.2) is 5.69 Å². The molecule has 0 radical (unpaired) electrons. The van der Waals surface area contributed by atoms with Crippen LogP contribution in [0.3, 0.4) is 0 Å². The summed E-state index contributed by atoms with van der Waals surface area (Å²) in [6.45, 7) is 5.73. The third-order valence-electron chi connectivity index (χ3n) is 7.39. The molecule has 1 N–H and O–H groups in total. The summed E-state index contributed by atoms with van der Waals surface area (Å²) in [7, 11) is 0. The van der Waals surface area contributed by atoms with Gasteiger partial charge in [0.1, 0.15) is 11.4 Å². The Kier molecular flexibility index (Phi) is 5.82. The molecule has 9 heteroatoms. The molecule has 182 valence electrons. The van der Waals surface area contributed by atoms with Crippen LogP contribution >= 0.6 is 45.8 Å². The van der Waals surface area contributed by atoms with Gasteiger partial charge in [0, 0.05) is 27.2 Å². The van der Waals surface area contributed by atoms with Crippen LogP contribution < -0.4 is 10.2 Å². The molecular weight excluding hydrogens is 598 g/mol. The van der Waals surface area contributed by atoms with Gasteiger partial charge in [-0.25, -0.2) is 9.69 Å². The van der Waals surface area contributed by atoms with Gasteiger partial charge in [-0.05, 0) is 97.5 Å². The Hall–Kier alpha value is -1.81. The topological polar surface area (TPSA) is 59.4 Å². The lowest BCUT2D eigenvalue weighted by atomic mass is 9.89. The average Bonchev–Trinajstić information content (AvgIpc) is 3.47. The van der Waals surface area contributed by atoms with Crippen LogP contribution in [0.5, 0.6) is 5.75 Å². The largest absolute Gasteiger partial charge is 0.482 e. The van der Waals surface area contributed by atoms with Gasteiger partial charge in [0.2, 0.25) is 0 Å². The van der Waals surface area contributed by atoms with E-state index >= 15 is 0 Å². The Labute approximate surface area is 228 Å². The number of carbonyl (C=O) groups excluding carboxylic acids is 1. The highest BCUT2D eigenvalue weighted by atomic mass is 127. The second kappa shape index (κ2) is 8.64. The van der Waals surface area contributed by atoms with Gasteiger partial charge in [-0.2, -0.15) is 5.10 Å². The highest BCUT2D eigenvalue weighted by molar-refractivity contribution is 14.1. The number of hydrogen-bond donors (Lipinski definition) is 1. The van der Waals surface area contributed by atoms with Gasteiger partial charge in [-0.3, -0.25) is 10.2 Å². The van der Waals surface area contributed by atoms with Crippen molar-refractivity contribution in [2.45, 2.75) is 38.7 Å². The van der Waals surface area contributed by atoms with Crippen molar-refractivity contribution in [1.29, 1.82) is 0 Å². The van der Waals surface area contributed by atoms with Crippen LogP contribution in [0.1, 0.15) is 49.2 Å². The molecule has 1 aliphatic carbocycles. The number of rotatable bonds is 3. The highest BCUT2D eigenvalue weighted by Gasteiger charge is 2.43. The Morgan fingerprint density at radius 2 is 1.89 bits per heavy atom. The number of benzene rings is 2. The van der Waals surface area contributed by atoms with E-state index in [2.05, 4.69) is 33.0 Å². The SMILES string of the molecule is CC1(C)Oc2cc(I)ccc2-c2c1c(C(=O)NN1CC3CCCC3C1)nn2-c1ccc(Cl)cc1Cl. The Balaban J connectivity index is 1.49. The summed E-state index contributed by atoms with van der Waals surface area (Å²) >= 11 is 15.1. The normalized spacial score (nSPS) is 22.3. The van der Waals surface area contributed by atoms with E-state index in [1.807, 2.05) is 38.1 Å². The minimum absolute atomic E-state index is 0.226. The number of amides is 1. The van der Waals surface area contributed by atoms with Crippen molar-refractivity contribution in [2.75, 3.05) is 13.1 Å². The molecular formula is C26H25Cl2IN4O2. The van der Waals surface area contributed by atoms with Crippen molar-refractivity contribution in [3.8, 4) is 22.7 Å². The average molecular weight is 623 g/mol. The first-order valence-electron chi connectivity index (χ1n) is 11.8. The zero-order valence-electron chi connectivity index (χ0n) is 19.4. The van der Waals surface area contributed by atoms with Crippen molar-refractivity contribution >= 4 is 51.7 Å². The highest BCUT2D eigenvalue weighted by Crippen LogP contribution is 2.48. The summed E-state index contributed by atoms with van der Waals surface area (Å²) in [5.74, 6) is 1.86. The first kappa shape index (κ1) is 23.6. The molecule has 1 saturated carbocycles. The molecule has 3 aliphatic rings. The number of nitrogens with zero attached hydrogens (tertiary/aromatic N) is 3. The smallest absolute Gasteiger partial charge is 0.286 e. The summed E-state index contributed by atoms with van der Waals surface area (Å²) < 4.78 is 9.27. The lowest BCUT2D eigenvalue weighted by molar-refractivity contribution is 0.0779. The molecule has 1 aromatic heterocycles. The lowest BCUT2D eigenvalue weighted by Gasteiger charge is -2.33. The summed E-state index contributed by atoms with van der Waals surface area (Å²) in [6, 6.07) is 11.3. The predicted octanol–water partition coefficient (Wildman–Crippen LogP) is 6.45. The molecule has 0 spiro atoms. The van der Waals surface area contributed by atoms with Crippen molar-refractivity contribution in [1.82, 2.24) is 20.2 Å². The first-order valence-corrected chi connectivity index (χ1v) is 13.7. The minimum Gasteiger partial charge on any atom is -0.482 e. The van der Waals surface area contributed by atoms with E-state index in [0.717, 1.165) is 39.2 Å². The number of nitrogens with one attached hydrogen (secondary N) is 1. The van der Waals surface area contributed by atoms with E-state index in [1.165, 1.54) is 19.3 Å². The van der Waals surface area contributed by atoms with Crippen molar-refractivity contribution in [2.24, 2.45) is 11.8 Å². The lowest BCUT2D eigenvalue weighted by Crippen LogP contribution is -2.42. The maximum atomic E-state index is 13.7. The third-order valence-corrected chi connectivity index (χ3v) is 8.60. The molecule has 2 atom stereocenters. The number of carbonyl (C=O) groups is 1. The molecule has 3 heterocycles. The summed E-state index contributed by atoms with van der Waals surface area (Å²) in [5.41, 5.74) is 5.78. The van der Waals surface area contributed by atoms with Gasteiger partial charge in [-0.15, -0.1) is 0 Å². The predicted molar refractivity (Wildman–Crippen MR) is 145 cm³/mol. The molecule has 2 unspecified atom stereocenters. The van der Waals surface area contributed by atoms with Crippen LogP contribution in [0, 0.1) is 15.4 Å². The number of aromatic nitrogens is 2. The van der Waals surface area contributed by atoms with Gasteiger partial charge >= 0.3 is 0 Å². The molecule has 35 heavy (non-hydrogen) atoms. The molecule has 1 amide bonds.